The minimum absolute atomic E-state index is 0.0550. The molecule has 1 aromatic rings. The average Bonchev–Trinajstić information content (AvgIpc) is 2.82. The molecule has 3 nitrogen and oxygen atoms in total. The first kappa shape index (κ1) is 16.9. The summed E-state index contributed by atoms with van der Waals surface area (Å²) in [4.78, 5) is 14.7. The number of nitrogens with zero attached hydrogens (tertiary/aromatic N) is 1. The highest BCUT2D eigenvalue weighted by Gasteiger charge is 2.43. The van der Waals surface area contributed by atoms with E-state index in [4.69, 9.17) is 4.74 Å². The average molecular weight is 335 g/mol. The van der Waals surface area contributed by atoms with Crippen LogP contribution in [-0.2, 0) is 9.53 Å². The van der Waals surface area contributed by atoms with Crippen LogP contribution in [-0.4, -0.2) is 23.0 Å². The van der Waals surface area contributed by atoms with Gasteiger partial charge in [0.25, 0.3) is 0 Å². The number of carbonyl (C=O) groups excluding carboxylic acids is 1. The monoisotopic (exact) mass is 335 g/mol. The van der Waals surface area contributed by atoms with Gasteiger partial charge in [-0.3, -0.25) is 4.79 Å². The minimum Gasteiger partial charge on any atom is -0.496 e. The molecule has 0 N–H and O–H groups in total. The Morgan fingerprint density at radius 2 is 1.83 bits per heavy atom. The van der Waals surface area contributed by atoms with E-state index >= 15 is 0 Å². The first-order valence-electron chi connectivity index (χ1n) is 8.45. The van der Waals surface area contributed by atoms with E-state index in [1.165, 1.54) is 12.1 Å². The highest BCUT2D eigenvalue weighted by molar-refractivity contribution is 5.81. The molecule has 3 rings (SSSR count). The highest BCUT2D eigenvalue weighted by Crippen LogP contribution is 2.41. The maximum Gasteiger partial charge on any atom is 0.226 e. The molecule has 2 atom stereocenters. The first-order chi connectivity index (χ1) is 11.3. The fraction of sp³-hybridized carbons (Fsp3) is 0.526. The van der Waals surface area contributed by atoms with E-state index in [1.54, 1.807) is 6.92 Å². The van der Waals surface area contributed by atoms with Gasteiger partial charge in [0.15, 0.2) is 0 Å². The van der Waals surface area contributed by atoms with E-state index in [9.17, 15) is 13.6 Å². The van der Waals surface area contributed by atoms with Crippen LogP contribution in [0.3, 0.4) is 0 Å². The number of hydrogen-bond donors (Lipinski definition) is 0. The third-order valence-corrected chi connectivity index (χ3v) is 5.00. The van der Waals surface area contributed by atoms with Gasteiger partial charge in [-0.15, -0.1) is 0 Å². The molecule has 0 radical (unpaired) electrons. The molecule has 1 saturated heterocycles. The molecular formula is C19H23F2NO2. The van der Waals surface area contributed by atoms with Crippen LogP contribution in [0.15, 0.2) is 30.5 Å². The van der Waals surface area contributed by atoms with Gasteiger partial charge in [-0.1, -0.05) is 6.58 Å². The lowest BCUT2D eigenvalue weighted by Crippen LogP contribution is -2.46. The third-order valence-electron chi connectivity index (χ3n) is 5.00. The first-order valence-corrected chi connectivity index (χ1v) is 8.45. The maximum atomic E-state index is 13.5. The molecule has 130 valence electrons. The Labute approximate surface area is 141 Å². The Morgan fingerprint density at radius 1 is 1.21 bits per heavy atom. The van der Waals surface area contributed by atoms with Crippen LogP contribution in [0, 0.1) is 17.6 Å². The van der Waals surface area contributed by atoms with Crippen LogP contribution >= 0.6 is 0 Å². The summed E-state index contributed by atoms with van der Waals surface area (Å²) in [5.41, 5.74) is 0.541. The zero-order chi connectivity index (χ0) is 17.4. The second-order valence-electron chi connectivity index (χ2n) is 7.00. The summed E-state index contributed by atoms with van der Waals surface area (Å²) in [5, 5.41) is 0. The zero-order valence-corrected chi connectivity index (χ0v) is 14.1. The smallest absolute Gasteiger partial charge is 0.226 e. The van der Waals surface area contributed by atoms with Gasteiger partial charge in [0, 0.05) is 18.0 Å². The fourth-order valence-corrected chi connectivity index (χ4v) is 3.81. The van der Waals surface area contributed by atoms with E-state index in [2.05, 4.69) is 6.58 Å². The Bertz CT molecular complexity index is 635. The van der Waals surface area contributed by atoms with Crippen molar-refractivity contribution in [1.29, 1.82) is 0 Å². The van der Waals surface area contributed by atoms with Crippen molar-refractivity contribution in [2.45, 2.75) is 57.7 Å². The number of ether oxygens (including phenoxy) is 1. The predicted octanol–water partition coefficient (Wildman–Crippen LogP) is 4.35. The van der Waals surface area contributed by atoms with Gasteiger partial charge in [-0.2, -0.15) is 0 Å². The van der Waals surface area contributed by atoms with Crippen LogP contribution < -0.4 is 0 Å². The van der Waals surface area contributed by atoms with Crippen molar-refractivity contribution in [1.82, 2.24) is 4.90 Å². The van der Waals surface area contributed by atoms with E-state index in [-0.39, 0.29) is 30.0 Å². The summed E-state index contributed by atoms with van der Waals surface area (Å²) in [6.45, 7) is 7.51. The number of allylic oxidation sites excluding steroid dienone is 1. The molecule has 1 saturated carbocycles. The van der Waals surface area contributed by atoms with Gasteiger partial charge in [0.05, 0.1) is 17.9 Å². The van der Waals surface area contributed by atoms with Gasteiger partial charge in [-0.25, -0.2) is 8.78 Å². The number of likely N-dealkylation sites (tertiary alicyclic amines) is 1. The van der Waals surface area contributed by atoms with Crippen molar-refractivity contribution in [2.24, 2.45) is 5.92 Å². The summed E-state index contributed by atoms with van der Waals surface area (Å²) in [6.07, 6.45) is 2.99. The van der Waals surface area contributed by atoms with Gasteiger partial charge >= 0.3 is 0 Å². The van der Waals surface area contributed by atoms with Crippen molar-refractivity contribution < 1.29 is 18.3 Å². The molecule has 1 aliphatic heterocycles. The minimum atomic E-state index is -0.601. The maximum absolute atomic E-state index is 13.5. The number of carbonyl (C=O) groups is 1. The highest BCUT2D eigenvalue weighted by atomic mass is 19.1. The van der Waals surface area contributed by atoms with Crippen molar-refractivity contribution in [3.05, 3.63) is 47.7 Å². The SMILES string of the molecule is C=C(C)OC1CC(C(=O)N2C(C)CCC2c2cc(F)cc(F)c2)C1. The molecule has 1 amide bonds. The van der Waals surface area contributed by atoms with Gasteiger partial charge < -0.3 is 9.64 Å². The Morgan fingerprint density at radius 3 is 2.42 bits per heavy atom. The van der Waals surface area contributed by atoms with Gasteiger partial charge in [0.2, 0.25) is 5.91 Å². The Balaban J connectivity index is 1.73. The van der Waals surface area contributed by atoms with E-state index < -0.39 is 11.6 Å². The van der Waals surface area contributed by atoms with E-state index in [0.717, 1.165) is 18.9 Å². The zero-order valence-electron chi connectivity index (χ0n) is 14.1. The van der Waals surface area contributed by atoms with Crippen molar-refractivity contribution in [2.75, 3.05) is 0 Å². The third kappa shape index (κ3) is 3.30. The lowest BCUT2D eigenvalue weighted by molar-refractivity contribution is -0.146. The van der Waals surface area contributed by atoms with Crippen LogP contribution in [0.2, 0.25) is 0 Å². The Kier molecular flexibility index (Phi) is 4.61. The summed E-state index contributed by atoms with van der Waals surface area (Å²) in [6, 6.07) is 3.35. The van der Waals surface area contributed by atoms with E-state index in [0.29, 0.717) is 24.2 Å². The second kappa shape index (κ2) is 6.54. The van der Waals surface area contributed by atoms with Crippen LogP contribution in [0.5, 0.6) is 0 Å². The lowest BCUT2D eigenvalue weighted by atomic mass is 9.80. The molecular weight excluding hydrogens is 312 g/mol. The molecule has 2 unspecified atom stereocenters. The topological polar surface area (TPSA) is 29.5 Å². The normalized spacial score (nSPS) is 29.2. The molecule has 1 aliphatic carbocycles. The molecule has 2 aliphatic rings. The molecule has 5 heteroatoms. The number of halogens is 2. The van der Waals surface area contributed by atoms with Crippen LogP contribution in [0.1, 0.15) is 51.1 Å². The Hall–Kier alpha value is -1.91. The van der Waals surface area contributed by atoms with Crippen LogP contribution in [0.4, 0.5) is 8.78 Å². The van der Waals surface area contributed by atoms with E-state index in [1.807, 2.05) is 11.8 Å². The molecule has 0 spiro atoms. The molecule has 0 bridgehead atoms. The number of benzene rings is 1. The predicted molar refractivity (Wildman–Crippen MR) is 87.1 cm³/mol. The van der Waals surface area contributed by atoms with Crippen LogP contribution in [0.25, 0.3) is 0 Å². The summed E-state index contributed by atoms with van der Waals surface area (Å²) >= 11 is 0. The van der Waals surface area contributed by atoms with Crippen molar-refractivity contribution in [3.8, 4) is 0 Å². The van der Waals surface area contributed by atoms with Crippen molar-refractivity contribution >= 4 is 5.91 Å². The van der Waals surface area contributed by atoms with Gasteiger partial charge in [0.1, 0.15) is 11.6 Å². The fourth-order valence-electron chi connectivity index (χ4n) is 3.81. The molecule has 0 aromatic heterocycles. The number of rotatable bonds is 4. The quantitative estimate of drug-likeness (QED) is 0.766. The lowest BCUT2D eigenvalue weighted by Gasteiger charge is -2.39. The van der Waals surface area contributed by atoms with Crippen molar-refractivity contribution in [3.63, 3.8) is 0 Å². The number of amides is 1. The van der Waals surface area contributed by atoms with Gasteiger partial charge in [-0.05, 0) is 57.2 Å². The molecule has 1 aromatic carbocycles. The molecule has 2 fully saturated rings. The standard InChI is InChI=1S/C19H23F2NO2/c1-11(2)24-17-8-14(9-17)19(23)22-12(3)4-5-18(22)13-6-15(20)10-16(21)7-13/h6-7,10,12,14,17-18H,1,4-5,8-9H2,2-3H3. The molecule has 24 heavy (non-hydrogen) atoms. The number of hydrogen-bond acceptors (Lipinski definition) is 2. The summed E-state index contributed by atoms with van der Waals surface area (Å²) < 4.78 is 32.6. The largest absolute Gasteiger partial charge is 0.496 e. The molecule has 1 heterocycles. The summed E-state index contributed by atoms with van der Waals surface area (Å²) in [7, 11) is 0. The summed E-state index contributed by atoms with van der Waals surface area (Å²) in [5.74, 6) is -0.549. The second-order valence-corrected chi connectivity index (χ2v) is 7.00.